The van der Waals surface area contributed by atoms with E-state index in [2.05, 4.69) is 12.2 Å². The van der Waals surface area contributed by atoms with Crippen molar-refractivity contribution in [3.63, 3.8) is 0 Å². The van der Waals surface area contributed by atoms with Gasteiger partial charge in [-0.05, 0) is 19.4 Å². The second-order valence-electron chi connectivity index (χ2n) is 3.55. The molecule has 1 aliphatic heterocycles. The molecule has 0 bridgehead atoms. The maximum Gasteiger partial charge on any atom is 0.253 e. The number of carbonyl (C=O) groups is 1. The van der Waals surface area contributed by atoms with Crippen molar-refractivity contribution in [1.82, 2.24) is 10.4 Å². The molecule has 1 rings (SSSR count). The van der Waals surface area contributed by atoms with Gasteiger partial charge in [0, 0.05) is 13.6 Å². The molecule has 1 N–H and O–H groups in total. The molecule has 1 amide bonds. The topological polar surface area (TPSA) is 41.6 Å². The molecule has 1 unspecified atom stereocenters. The van der Waals surface area contributed by atoms with Crippen LogP contribution in [0.5, 0.6) is 0 Å². The van der Waals surface area contributed by atoms with Crippen LogP contribution in [0.1, 0.15) is 19.8 Å². The number of hydrogen-bond donors (Lipinski definition) is 1. The molecule has 1 fully saturated rings. The molecule has 1 aliphatic rings. The summed E-state index contributed by atoms with van der Waals surface area (Å²) in [7, 11) is 3.18. The van der Waals surface area contributed by atoms with Gasteiger partial charge in [-0.2, -0.15) is 0 Å². The minimum atomic E-state index is -0.231. The van der Waals surface area contributed by atoms with Crippen LogP contribution in [-0.2, 0) is 9.63 Å². The standard InChI is InChI=1S/C9H18N2O2/c1-4-9(5-6-10-7-9)8(12)11(2)13-3/h10H,4-7H2,1-3H3. The summed E-state index contributed by atoms with van der Waals surface area (Å²) in [6.07, 6.45) is 1.78. The highest BCUT2D eigenvalue weighted by Crippen LogP contribution is 2.31. The Morgan fingerprint density at radius 1 is 1.69 bits per heavy atom. The van der Waals surface area contributed by atoms with Gasteiger partial charge in [0.1, 0.15) is 0 Å². The Bertz CT molecular complexity index is 188. The molecule has 0 aromatic heterocycles. The van der Waals surface area contributed by atoms with E-state index in [0.717, 1.165) is 25.9 Å². The van der Waals surface area contributed by atoms with Gasteiger partial charge in [0.15, 0.2) is 0 Å². The number of hydrogen-bond acceptors (Lipinski definition) is 3. The quantitative estimate of drug-likeness (QED) is 0.648. The minimum absolute atomic E-state index is 0.0856. The van der Waals surface area contributed by atoms with Crippen molar-refractivity contribution in [2.45, 2.75) is 19.8 Å². The Morgan fingerprint density at radius 2 is 2.38 bits per heavy atom. The van der Waals surface area contributed by atoms with Crippen LogP contribution < -0.4 is 5.32 Å². The molecule has 4 nitrogen and oxygen atoms in total. The third-order valence-electron chi connectivity index (χ3n) is 2.93. The average molecular weight is 186 g/mol. The molecule has 4 heteroatoms. The van der Waals surface area contributed by atoms with Crippen molar-refractivity contribution >= 4 is 5.91 Å². The fourth-order valence-corrected chi connectivity index (χ4v) is 1.80. The Hall–Kier alpha value is -0.610. The van der Waals surface area contributed by atoms with Gasteiger partial charge in [-0.15, -0.1) is 0 Å². The monoisotopic (exact) mass is 186 g/mol. The fraction of sp³-hybridized carbons (Fsp3) is 0.889. The smallest absolute Gasteiger partial charge is 0.253 e. The summed E-state index contributed by atoms with van der Waals surface area (Å²) in [6.45, 7) is 3.75. The third-order valence-corrected chi connectivity index (χ3v) is 2.93. The van der Waals surface area contributed by atoms with E-state index in [1.165, 1.54) is 12.2 Å². The molecule has 0 spiro atoms. The molecule has 0 aliphatic carbocycles. The van der Waals surface area contributed by atoms with Crippen molar-refractivity contribution in [3.05, 3.63) is 0 Å². The molecular weight excluding hydrogens is 168 g/mol. The summed E-state index contributed by atoms with van der Waals surface area (Å²) < 4.78 is 0. The van der Waals surface area contributed by atoms with E-state index in [1.807, 2.05) is 0 Å². The zero-order valence-electron chi connectivity index (χ0n) is 8.59. The first-order chi connectivity index (χ1) is 6.16. The summed E-state index contributed by atoms with van der Waals surface area (Å²) in [5.41, 5.74) is -0.231. The first-order valence-corrected chi connectivity index (χ1v) is 4.69. The lowest BCUT2D eigenvalue weighted by Crippen LogP contribution is -2.42. The maximum atomic E-state index is 11.9. The van der Waals surface area contributed by atoms with E-state index in [4.69, 9.17) is 4.84 Å². The van der Waals surface area contributed by atoms with Crippen LogP contribution in [0.15, 0.2) is 0 Å². The Kier molecular flexibility index (Phi) is 3.27. The highest BCUT2D eigenvalue weighted by Gasteiger charge is 2.41. The van der Waals surface area contributed by atoms with Crippen molar-refractivity contribution in [3.8, 4) is 0 Å². The Morgan fingerprint density at radius 3 is 2.77 bits per heavy atom. The van der Waals surface area contributed by atoms with Crippen molar-refractivity contribution < 1.29 is 9.63 Å². The largest absolute Gasteiger partial charge is 0.316 e. The summed E-state index contributed by atoms with van der Waals surface area (Å²) in [5.74, 6) is 0.0856. The van der Waals surface area contributed by atoms with Gasteiger partial charge in [0.05, 0.1) is 12.5 Å². The van der Waals surface area contributed by atoms with E-state index < -0.39 is 0 Å². The molecule has 0 aromatic rings. The van der Waals surface area contributed by atoms with Gasteiger partial charge in [-0.3, -0.25) is 9.63 Å². The van der Waals surface area contributed by atoms with E-state index in [9.17, 15) is 4.79 Å². The van der Waals surface area contributed by atoms with Crippen molar-refractivity contribution in [2.75, 3.05) is 27.2 Å². The zero-order chi connectivity index (χ0) is 9.90. The normalized spacial score (nSPS) is 27.6. The first-order valence-electron chi connectivity index (χ1n) is 4.69. The number of nitrogens with one attached hydrogen (secondary N) is 1. The van der Waals surface area contributed by atoms with Crippen LogP contribution in [0.4, 0.5) is 0 Å². The van der Waals surface area contributed by atoms with Gasteiger partial charge < -0.3 is 5.32 Å². The Labute approximate surface area is 79.2 Å². The lowest BCUT2D eigenvalue weighted by atomic mass is 9.83. The second kappa shape index (κ2) is 4.07. The number of rotatable bonds is 3. The molecule has 1 atom stereocenters. The van der Waals surface area contributed by atoms with E-state index >= 15 is 0 Å². The van der Waals surface area contributed by atoms with Gasteiger partial charge in [-0.1, -0.05) is 6.92 Å². The summed E-state index contributed by atoms with van der Waals surface area (Å²) >= 11 is 0. The number of amides is 1. The predicted octanol–water partition coefficient (Wildman–Crippen LogP) is 0.396. The van der Waals surface area contributed by atoms with Gasteiger partial charge in [0.2, 0.25) is 0 Å². The summed E-state index contributed by atoms with van der Waals surface area (Å²) in [4.78, 5) is 16.8. The zero-order valence-corrected chi connectivity index (χ0v) is 8.59. The molecule has 0 aromatic carbocycles. The van der Waals surface area contributed by atoms with Crippen LogP contribution in [0, 0.1) is 5.41 Å². The van der Waals surface area contributed by atoms with Gasteiger partial charge >= 0.3 is 0 Å². The molecular formula is C9H18N2O2. The van der Waals surface area contributed by atoms with Crippen LogP contribution in [-0.4, -0.2) is 38.2 Å². The number of nitrogens with zero attached hydrogens (tertiary/aromatic N) is 1. The van der Waals surface area contributed by atoms with Crippen molar-refractivity contribution in [2.24, 2.45) is 5.41 Å². The van der Waals surface area contributed by atoms with E-state index in [0.29, 0.717) is 0 Å². The number of hydroxylamine groups is 2. The molecule has 0 saturated carbocycles. The molecule has 76 valence electrons. The van der Waals surface area contributed by atoms with Crippen LogP contribution in [0.25, 0.3) is 0 Å². The average Bonchev–Trinajstić information content (AvgIpc) is 2.65. The molecule has 1 saturated heterocycles. The maximum absolute atomic E-state index is 11.9. The highest BCUT2D eigenvalue weighted by molar-refractivity contribution is 5.82. The van der Waals surface area contributed by atoms with Crippen LogP contribution >= 0.6 is 0 Å². The van der Waals surface area contributed by atoms with Gasteiger partial charge in [-0.25, -0.2) is 5.06 Å². The lowest BCUT2D eigenvalue weighted by Gasteiger charge is -2.29. The lowest BCUT2D eigenvalue weighted by molar-refractivity contribution is -0.179. The van der Waals surface area contributed by atoms with Crippen molar-refractivity contribution in [1.29, 1.82) is 0 Å². The van der Waals surface area contributed by atoms with E-state index in [1.54, 1.807) is 7.05 Å². The first kappa shape index (κ1) is 10.5. The summed E-state index contributed by atoms with van der Waals surface area (Å²) in [5, 5.41) is 4.55. The molecule has 1 heterocycles. The molecule has 0 radical (unpaired) electrons. The fourth-order valence-electron chi connectivity index (χ4n) is 1.80. The van der Waals surface area contributed by atoms with Crippen LogP contribution in [0.2, 0.25) is 0 Å². The number of carbonyl (C=O) groups excluding carboxylic acids is 1. The van der Waals surface area contributed by atoms with E-state index in [-0.39, 0.29) is 11.3 Å². The van der Waals surface area contributed by atoms with Crippen LogP contribution in [0.3, 0.4) is 0 Å². The minimum Gasteiger partial charge on any atom is -0.316 e. The molecule has 13 heavy (non-hydrogen) atoms. The second-order valence-corrected chi connectivity index (χ2v) is 3.55. The third kappa shape index (κ3) is 1.84. The summed E-state index contributed by atoms with van der Waals surface area (Å²) in [6, 6.07) is 0. The van der Waals surface area contributed by atoms with Gasteiger partial charge in [0.25, 0.3) is 5.91 Å². The Balaban J connectivity index is 2.70. The SMILES string of the molecule is CCC1(C(=O)N(C)OC)CCNC1. The highest BCUT2D eigenvalue weighted by atomic mass is 16.7. The predicted molar refractivity (Wildman–Crippen MR) is 50.0 cm³/mol.